The molecule has 19 heavy (non-hydrogen) atoms. The molecule has 2 aliphatic heterocycles. The van der Waals surface area contributed by atoms with Crippen molar-refractivity contribution in [2.75, 3.05) is 18.0 Å². The number of carbonyl (C=O) groups is 2. The zero-order valence-corrected chi connectivity index (χ0v) is 10.8. The van der Waals surface area contributed by atoms with Crippen molar-refractivity contribution in [3.05, 3.63) is 29.3 Å². The van der Waals surface area contributed by atoms with Crippen LogP contribution < -0.4 is 10.2 Å². The molecule has 1 unspecified atom stereocenters. The third-order valence-electron chi connectivity index (χ3n) is 3.66. The molecule has 100 valence electrons. The predicted molar refractivity (Wildman–Crippen MR) is 70.0 cm³/mol. The quantitative estimate of drug-likeness (QED) is 0.837. The lowest BCUT2D eigenvalue weighted by molar-refractivity contribution is -0.116. The molecule has 2 aliphatic rings. The molecule has 1 atom stereocenters. The molecule has 5 nitrogen and oxygen atoms in total. The number of rotatable bonds is 1. The Balaban J connectivity index is 1.91. The topological polar surface area (TPSA) is 58.6 Å². The third-order valence-corrected chi connectivity index (χ3v) is 3.66. The van der Waals surface area contributed by atoms with Crippen LogP contribution in [0.25, 0.3) is 0 Å². The molecule has 1 saturated heterocycles. The molecule has 0 saturated carbocycles. The van der Waals surface area contributed by atoms with Crippen molar-refractivity contribution >= 4 is 17.7 Å². The second-order valence-corrected chi connectivity index (χ2v) is 4.94. The fourth-order valence-electron chi connectivity index (χ4n) is 2.72. The Morgan fingerprint density at radius 3 is 3.00 bits per heavy atom. The minimum absolute atomic E-state index is 0.0719. The molecular formula is C14H16N2O3. The molecule has 3 rings (SSSR count). The van der Waals surface area contributed by atoms with Gasteiger partial charge in [0.1, 0.15) is 6.10 Å². The van der Waals surface area contributed by atoms with E-state index in [1.54, 1.807) is 6.92 Å². The molecule has 0 bridgehead atoms. The molecule has 0 aromatic heterocycles. The van der Waals surface area contributed by atoms with Crippen LogP contribution in [-0.4, -0.2) is 25.1 Å². The Labute approximate surface area is 111 Å². The number of nitrogens with one attached hydrogen (secondary N) is 1. The van der Waals surface area contributed by atoms with E-state index in [-0.39, 0.29) is 18.1 Å². The van der Waals surface area contributed by atoms with E-state index in [0.717, 1.165) is 36.2 Å². The van der Waals surface area contributed by atoms with E-state index in [1.807, 2.05) is 17.0 Å². The monoisotopic (exact) mass is 260 g/mol. The third kappa shape index (κ3) is 2.16. The van der Waals surface area contributed by atoms with Crippen LogP contribution in [0.1, 0.15) is 30.6 Å². The van der Waals surface area contributed by atoms with E-state index in [4.69, 9.17) is 4.74 Å². The maximum absolute atomic E-state index is 11.6. The van der Waals surface area contributed by atoms with Crippen molar-refractivity contribution in [2.24, 2.45) is 0 Å². The Bertz CT molecular complexity index is 541. The number of anilines is 1. The maximum Gasteiger partial charge on any atom is 0.407 e. The largest absolute Gasteiger partial charge is 0.439 e. The summed E-state index contributed by atoms with van der Waals surface area (Å²) in [7, 11) is 0. The summed E-state index contributed by atoms with van der Waals surface area (Å²) in [5.41, 5.74) is 3.13. The fourth-order valence-corrected chi connectivity index (χ4v) is 2.72. The summed E-state index contributed by atoms with van der Waals surface area (Å²) in [5.74, 6) is 0.0719. The van der Waals surface area contributed by atoms with Crippen molar-refractivity contribution in [3.8, 4) is 0 Å². The van der Waals surface area contributed by atoms with Gasteiger partial charge in [-0.25, -0.2) is 4.79 Å². The average molecular weight is 260 g/mol. The van der Waals surface area contributed by atoms with Crippen LogP contribution in [0.5, 0.6) is 0 Å². The number of amides is 2. The van der Waals surface area contributed by atoms with Crippen LogP contribution in [0.4, 0.5) is 10.5 Å². The Hall–Kier alpha value is -2.04. The lowest BCUT2D eigenvalue weighted by Gasteiger charge is -2.29. The van der Waals surface area contributed by atoms with E-state index < -0.39 is 0 Å². The van der Waals surface area contributed by atoms with Gasteiger partial charge < -0.3 is 15.0 Å². The lowest BCUT2D eigenvalue weighted by atomic mass is 9.97. The first kappa shape index (κ1) is 12.0. The van der Waals surface area contributed by atoms with Gasteiger partial charge in [-0.3, -0.25) is 4.79 Å². The predicted octanol–water partition coefficient (Wildman–Crippen LogP) is 1.77. The van der Waals surface area contributed by atoms with Gasteiger partial charge in [-0.2, -0.15) is 0 Å². The van der Waals surface area contributed by atoms with E-state index in [0.29, 0.717) is 6.54 Å². The van der Waals surface area contributed by atoms with Crippen molar-refractivity contribution in [1.82, 2.24) is 5.32 Å². The van der Waals surface area contributed by atoms with Gasteiger partial charge >= 0.3 is 6.09 Å². The first-order chi connectivity index (χ1) is 9.15. The molecule has 1 fully saturated rings. The highest BCUT2D eigenvalue weighted by atomic mass is 16.6. The SMILES string of the molecule is CC(=O)N1CCCc2cc(C3CNC(=O)O3)ccc21. The first-order valence-electron chi connectivity index (χ1n) is 6.50. The number of hydrogen-bond acceptors (Lipinski definition) is 3. The highest BCUT2D eigenvalue weighted by Gasteiger charge is 2.26. The van der Waals surface area contributed by atoms with E-state index in [2.05, 4.69) is 11.4 Å². The highest BCUT2D eigenvalue weighted by Crippen LogP contribution is 2.31. The van der Waals surface area contributed by atoms with Crippen LogP contribution in [-0.2, 0) is 16.0 Å². The van der Waals surface area contributed by atoms with E-state index >= 15 is 0 Å². The summed E-state index contributed by atoms with van der Waals surface area (Å²) < 4.78 is 5.18. The summed E-state index contributed by atoms with van der Waals surface area (Å²) in [6.07, 6.45) is 1.35. The summed E-state index contributed by atoms with van der Waals surface area (Å²) in [6, 6.07) is 5.94. The van der Waals surface area contributed by atoms with Gasteiger partial charge in [-0.15, -0.1) is 0 Å². The summed E-state index contributed by atoms with van der Waals surface area (Å²) in [4.78, 5) is 24.5. The fraction of sp³-hybridized carbons (Fsp3) is 0.429. The number of benzene rings is 1. The molecule has 5 heteroatoms. The smallest absolute Gasteiger partial charge is 0.407 e. The second-order valence-electron chi connectivity index (χ2n) is 4.94. The number of alkyl carbamates (subject to hydrolysis) is 1. The molecule has 1 aromatic rings. The lowest BCUT2D eigenvalue weighted by Crippen LogP contribution is -2.33. The number of nitrogens with zero attached hydrogens (tertiary/aromatic N) is 1. The van der Waals surface area contributed by atoms with Gasteiger partial charge in [0.2, 0.25) is 5.91 Å². The standard InChI is InChI=1S/C14H16N2O3/c1-9(17)16-6-2-3-10-7-11(4-5-12(10)16)13-8-15-14(18)19-13/h4-5,7,13H,2-3,6,8H2,1H3,(H,15,18). The van der Waals surface area contributed by atoms with E-state index in [9.17, 15) is 9.59 Å². The molecule has 2 heterocycles. The van der Waals surface area contributed by atoms with Crippen molar-refractivity contribution < 1.29 is 14.3 Å². The summed E-state index contributed by atoms with van der Waals surface area (Å²) in [5, 5.41) is 2.65. The number of hydrogen-bond donors (Lipinski definition) is 1. The van der Waals surface area contributed by atoms with Gasteiger partial charge in [-0.1, -0.05) is 6.07 Å². The van der Waals surface area contributed by atoms with Gasteiger partial charge in [0, 0.05) is 19.2 Å². The van der Waals surface area contributed by atoms with Crippen LogP contribution in [0.2, 0.25) is 0 Å². The molecular weight excluding hydrogens is 244 g/mol. The van der Waals surface area contributed by atoms with Crippen LogP contribution in [0.3, 0.4) is 0 Å². The highest BCUT2D eigenvalue weighted by molar-refractivity contribution is 5.92. The van der Waals surface area contributed by atoms with E-state index in [1.165, 1.54) is 0 Å². The normalized spacial score (nSPS) is 21.6. The molecule has 0 aliphatic carbocycles. The van der Waals surface area contributed by atoms with Gasteiger partial charge in [0.15, 0.2) is 0 Å². The second kappa shape index (κ2) is 4.57. The Morgan fingerprint density at radius 1 is 1.47 bits per heavy atom. The number of aryl methyl sites for hydroxylation is 1. The first-order valence-corrected chi connectivity index (χ1v) is 6.50. The average Bonchev–Trinajstić information content (AvgIpc) is 2.84. The van der Waals surface area contributed by atoms with Crippen molar-refractivity contribution in [3.63, 3.8) is 0 Å². The zero-order valence-electron chi connectivity index (χ0n) is 10.8. The van der Waals surface area contributed by atoms with Gasteiger partial charge in [0.25, 0.3) is 0 Å². The Kier molecular flexibility index (Phi) is 2.89. The maximum atomic E-state index is 11.6. The molecule has 2 amide bonds. The van der Waals surface area contributed by atoms with Crippen LogP contribution in [0, 0.1) is 0 Å². The van der Waals surface area contributed by atoms with Gasteiger partial charge in [-0.05, 0) is 36.1 Å². The number of ether oxygens (including phenoxy) is 1. The summed E-state index contributed by atoms with van der Waals surface area (Å²) in [6.45, 7) is 2.88. The van der Waals surface area contributed by atoms with Crippen LogP contribution >= 0.6 is 0 Å². The van der Waals surface area contributed by atoms with Gasteiger partial charge in [0.05, 0.1) is 6.54 Å². The number of cyclic esters (lactones) is 1. The molecule has 1 aromatic carbocycles. The molecule has 0 radical (unpaired) electrons. The summed E-state index contributed by atoms with van der Waals surface area (Å²) >= 11 is 0. The minimum Gasteiger partial charge on any atom is -0.439 e. The van der Waals surface area contributed by atoms with Crippen LogP contribution in [0.15, 0.2) is 18.2 Å². The number of carbonyl (C=O) groups excluding carboxylic acids is 2. The Morgan fingerprint density at radius 2 is 2.32 bits per heavy atom. The van der Waals surface area contributed by atoms with Crippen molar-refractivity contribution in [1.29, 1.82) is 0 Å². The molecule has 1 N–H and O–H groups in total. The molecule has 0 spiro atoms. The zero-order chi connectivity index (χ0) is 13.4. The number of fused-ring (bicyclic) bond motifs is 1. The van der Waals surface area contributed by atoms with Crippen molar-refractivity contribution in [2.45, 2.75) is 25.9 Å². The minimum atomic E-state index is -0.368.